The van der Waals surface area contributed by atoms with E-state index in [9.17, 15) is 4.79 Å². The first-order valence-corrected chi connectivity index (χ1v) is 6.03. The van der Waals surface area contributed by atoms with E-state index in [1.54, 1.807) is 4.90 Å². The van der Waals surface area contributed by atoms with Crippen LogP contribution in [-0.2, 0) is 17.8 Å². The number of aromatic nitrogens is 1. The minimum atomic E-state index is -0.463. The lowest BCUT2D eigenvalue weighted by Crippen LogP contribution is -2.33. The number of amides is 1. The minimum Gasteiger partial charge on any atom is -0.444 e. The molecular weight excluding hydrogens is 230 g/mol. The molecule has 1 N–H and O–H groups in total. The van der Waals surface area contributed by atoms with E-state index in [1.165, 1.54) is 0 Å². The van der Waals surface area contributed by atoms with Gasteiger partial charge in [0.15, 0.2) is 0 Å². The van der Waals surface area contributed by atoms with Crippen LogP contribution in [0.25, 0.3) is 0 Å². The molecule has 1 amide bonds. The van der Waals surface area contributed by atoms with Crippen LogP contribution in [-0.4, -0.2) is 28.6 Å². The topological polar surface area (TPSA) is 54.5 Å². The third kappa shape index (κ3) is 2.72. The second-order valence-corrected chi connectivity index (χ2v) is 5.39. The van der Waals surface area contributed by atoms with Gasteiger partial charge in [-0.25, -0.2) is 9.78 Å². The average molecular weight is 249 g/mol. The van der Waals surface area contributed by atoms with E-state index < -0.39 is 5.60 Å². The van der Waals surface area contributed by atoms with Gasteiger partial charge in [0.1, 0.15) is 11.4 Å². The van der Waals surface area contributed by atoms with E-state index in [2.05, 4.69) is 10.3 Å². The van der Waals surface area contributed by atoms with Gasteiger partial charge in [-0.2, -0.15) is 0 Å². The van der Waals surface area contributed by atoms with Crippen molar-refractivity contribution in [1.29, 1.82) is 0 Å². The molecule has 1 aromatic heterocycles. The van der Waals surface area contributed by atoms with Crippen molar-refractivity contribution in [2.24, 2.45) is 0 Å². The Morgan fingerprint density at radius 1 is 1.39 bits per heavy atom. The Morgan fingerprint density at radius 2 is 2.11 bits per heavy atom. The lowest BCUT2D eigenvalue weighted by molar-refractivity contribution is 0.0240. The Balaban J connectivity index is 2.08. The van der Waals surface area contributed by atoms with Crippen LogP contribution in [0.5, 0.6) is 0 Å². The molecule has 0 radical (unpaired) electrons. The molecule has 0 aliphatic carbocycles. The van der Waals surface area contributed by atoms with Crippen molar-refractivity contribution in [2.45, 2.75) is 39.5 Å². The number of rotatable bonds is 1. The lowest BCUT2D eigenvalue weighted by atomic mass is 10.2. The standard InChI is InChI=1S/C13H19N3O2/c1-13(2,3)18-12(17)16-7-9-5-6-11(14-4)15-10(9)8-16/h5-6H,7-8H2,1-4H3,(H,14,15). The number of hydrogen-bond acceptors (Lipinski definition) is 4. The van der Waals surface area contributed by atoms with Crippen LogP contribution in [0.15, 0.2) is 12.1 Å². The molecule has 0 aromatic carbocycles. The molecule has 0 unspecified atom stereocenters. The van der Waals surface area contributed by atoms with Crippen LogP contribution in [0.2, 0.25) is 0 Å². The summed E-state index contributed by atoms with van der Waals surface area (Å²) in [5.74, 6) is 0.819. The predicted molar refractivity (Wildman–Crippen MR) is 69.3 cm³/mol. The van der Waals surface area contributed by atoms with E-state index in [4.69, 9.17) is 4.74 Å². The molecule has 1 aliphatic rings. The van der Waals surface area contributed by atoms with Crippen molar-refractivity contribution in [3.63, 3.8) is 0 Å². The number of pyridine rings is 1. The third-order valence-corrected chi connectivity index (χ3v) is 2.68. The molecule has 0 saturated carbocycles. The maximum atomic E-state index is 11.9. The molecule has 1 aromatic rings. The molecule has 2 heterocycles. The molecule has 5 nitrogen and oxygen atoms in total. The van der Waals surface area contributed by atoms with Crippen LogP contribution < -0.4 is 5.32 Å². The van der Waals surface area contributed by atoms with E-state index in [0.717, 1.165) is 17.1 Å². The van der Waals surface area contributed by atoms with E-state index in [1.807, 2.05) is 40.0 Å². The van der Waals surface area contributed by atoms with Crippen LogP contribution >= 0.6 is 0 Å². The number of hydrogen-bond donors (Lipinski definition) is 1. The van der Waals surface area contributed by atoms with Gasteiger partial charge in [-0.05, 0) is 32.4 Å². The van der Waals surface area contributed by atoms with Crippen molar-refractivity contribution in [1.82, 2.24) is 9.88 Å². The van der Waals surface area contributed by atoms with Gasteiger partial charge >= 0.3 is 6.09 Å². The van der Waals surface area contributed by atoms with Crippen molar-refractivity contribution in [2.75, 3.05) is 12.4 Å². The maximum Gasteiger partial charge on any atom is 0.410 e. The molecule has 5 heteroatoms. The Kier molecular flexibility index (Phi) is 3.15. The van der Waals surface area contributed by atoms with Crippen molar-refractivity contribution in [3.8, 4) is 0 Å². The monoisotopic (exact) mass is 249 g/mol. The number of nitrogens with zero attached hydrogens (tertiary/aromatic N) is 2. The highest BCUT2D eigenvalue weighted by Crippen LogP contribution is 2.24. The number of anilines is 1. The third-order valence-electron chi connectivity index (χ3n) is 2.68. The summed E-state index contributed by atoms with van der Waals surface area (Å²) in [7, 11) is 1.83. The van der Waals surface area contributed by atoms with Gasteiger partial charge in [0.25, 0.3) is 0 Å². The van der Waals surface area contributed by atoms with Crippen molar-refractivity contribution < 1.29 is 9.53 Å². The largest absolute Gasteiger partial charge is 0.444 e. The zero-order valence-electron chi connectivity index (χ0n) is 11.3. The second kappa shape index (κ2) is 4.48. The quantitative estimate of drug-likeness (QED) is 0.830. The zero-order chi connectivity index (χ0) is 13.3. The zero-order valence-corrected chi connectivity index (χ0v) is 11.3. The molecular formula is C13H19N3O2. The molecule has 1 aliphatic heterocycles. The molecule has 0 fully saturated rings. The fourth-order valence-electron chi connectivity index (χ4n) is 1.85. The average Bonchev–Trinajstić information content (AvgIpc) is 2.69. The van der Waals surface area contributed by atoms with Crippen LogP contribution in [0.3, 0.4) is 0 Å². The summed E-state index contributed by atoms with van der Waals surface area (Å²) in [6.07, 6.45) is -0.286. The normalized spacial score (nSPS) is 14.3. The Hall–Kier alpha value is -1.78. The van der Waals surface area contributed by atoms with Crippen molar-refractivity contribution >= 4 is 11.9 Å². The van der Waals surface area contributed by atoms with E-state index in [-0.39, 0.29) is 6.09 Å². The van der Waals surface area contributed by atoms with Crippen LogP contribution in [0.4, 0.5) is 10.6 Å². The Bertz CT molecular complexity index is 466. The number of nitrogens with one attached hydrogen (secondary N) is 1. The maximum absolute atomic E-state index is 11.9. The molecule has 0 atom stereocenters. The van der Waals surface area contributed by atoms with E-state index in [0.29, 0.717) is 13.1 Å². The molecule has 98 valence electrons. The smallest absolute Gasteiger partial charge is 0.410 e. The molecule has 18 heavy (non-hydrogen) atoms. The fourth-order valence-corrected chi connectivity index (χ4v) is 1.85. The fraction of sp³-hybridized carbons (Fsp3) is 0.538. The summed E-state index contributed by atoms with van der Waals surface area (Å²) < 4.78 is 5.35. The predicted octanol–water partition coefficient (Wildman–Crippen LogP) is 2.37. The molecule has 0 saturated heterocycles. The first-order chi connectivity index (χ1) is 8.39. The molecule has 2 rings (SSSR count). The molecule has 0 spiro atoms. The highest BCUT2D eigenvalue weighted by Gasteiger charge is 2.28. The summed E-state index contributed by atoms with van der Waals surface area (Å²) in [4.78, 5) is 18.1. The van der Waals surface area contributed by atoms with Crippen molar-refractivity contribution in [3.05, 3.63) is 23.4 Å². The summed E-state index contributed by atoms with van der Waals surface area (Å²) in [5, 5.41) is 2.99. The first kappa shape index (κ1) is 12.7. The second-order valence-electron chi connectivity index (χ2n) is 5.39. The van der Waals surface area contributed by atoms with Gasteiger partial charge in [0.05, 0.1) is 18.8 Å². The SMILES string of the molecule is CNc1ccc2c(n1)CN(C(=O)OC(C)(C)C)C2. The summed E-state index contributed by atoms with van der Waals surface area (Å²) >= 11 is 0. The number of ether oxygens (including phenoxy) is 1. The van der Waals surface area contributed by atoms with Gasteiger partial charge in [-0.3, -0.25) is 4.90 Å². The van der Waals surface area contributed by atoms with Gasteiger partial charge in [-0.15, -0.1) is 0 Å². The summed E-state index contributed by atoms with van der Waals surface area (Å²) in [5.41, 5.74) is 1.56. The van der Waals surface area contributed by atoms with Gasteiger partial charge < -0.3 is 10.1 Å². The summed E-state index contributed by atoms with van der Waals surface area (Å²) in [6.45, 7) is 6.68. The van der Waals surface area contributed by atoms with Gasteiger partial charge in [0, 0.05) is 7.05 Å². The van der Waals surface area contributed by atoms with Crippen LogP contribution in [0, 0.1) is 0 Å². The van der Waals surface area contributed by atoms with Gasteiger partial charge in [0.2, 0.25) is 0 Å². The van der Waals surface area contributed by atoms with Crippen LogP contribution in [0.1, 0.15) is 32.0 Å². The van der Waals surface area contributed by atoms with Gasteiger partial charge in [-0.1, -0.05) is 6.07 Å². The Morgan fingerprint density at radius 3 is 2.72 bits per heavy atom. The van der Waals surface area contributed by atoms with E-state index >= 15 is 0 Å². The highest BCUT2D eigenvalue weighted by molar-refractivity contribution is 5.69. The molecule has 0 bridgehead atoms. The lowest BCUT2D eigenvalue weighted by Gasteiger charge is -2.23. The summed E-state index contributed by atoms with van der Waals surface area (Å²) in [6, 6.07) is 3.91. The number of carbonyl (C=O) groups is 1. The Labute approximate surface area is 107 Å². The number of carbonyl (C=O) groups excluding carboxylic acids is 1. The highest BCUT2D eigenvalue weighted by atomic mass is 16.6. The number of fused-ring (bicyclic) bond motifs is 1. The first-order valence-electron chi connectivity index (χ1n) is 6.03. The minimum absolute atomic E-state index is 0.286.